The molecule has 1 aromatic rings. The molecule has 152 valence electrons. The summed E-state index contributed by atoms with van der Waals surface area (Å²) in [6.45, 7) is 3.49. The molecular weight excluding hydrogens is 366 g/mol. The number of rotatable bonds is 11. The summed E-state index contributed by atoms with van der Waals surface area (Å²) < 4.78 is 35.6. The Morgan fingerprint density at radius 1 is 1.22 bits per heavy atom. The van der Waals surface area contributed by atoms with E-state index in [-0.39, 0.29) is 11.9 Å². The number of aliphatic imine (C=N–C) groups is 1. The van der Waals surface area contributed by atoms with Gasteiger partial charge in [0.05, 0.1) is 23.4 Å². The molecule has 0 amide bonds. The van der Waals surface area contributed by atoms with Crippen molar-refractivity contribution in [1.29, 1.82) is 0 Å². The summed E-state index contributed by atoms with van der Waals surface area (Å²) in [4.78, 5) is 4.52. The summed E-state index contributed by atoms with van der Waals surface area (Å²) in [7, 11) is -1.53. The van der Waals surface area contributed by atoms with Gasteiger partial charge in [0, 0.05) is 33.4 Å². The minimum atomic E-state index is -3.23. The van der Waals surface area contributed by atoms with E-state index in [0.29, 0.717) is 37.0 Å². The molecule has 2 N–H and O–H groups in total. The van der Waals surface area contributed by atoms with Crippen LogP contribution in [0.5, 0.6) is 0 Å². The average Bonchev–Trinajstić information content (AvgIpc) is 3.20. The van der Waals surface area contributed by atoms with Gasteiger partial charge in [0.15, 0.2) is 15.8 Å². The van der Waals surface area contributed by atoms with Gasteiger partial charge < -0.3 is 20.1 Å². The van der Waals surface area contributed by atoms with Crippen molar-refractivity contribution < 1.29 is 17.9 Å². The topological polar surface area (TPSA) is 89.0 Å². The van der Waals surface area contributed by atoms with Crippen molar-refractivity contribution in [2.24, 2.45) is 4.99 Å². The number of benzene rings is 1. The summed E-state index contributed by atoms with van der Waals surface area (Å²) in [6.07, 6.45) is 3.87. The Morgan fingerprint density at radius 2 is 1.96 bits per heavy atom. The Hall–Kier alpha value is -1.64. The lowest BCUT2D eigenvalue weighted by molar-refractivity contribution is 0.0168. The van der Waals surface area contributed by atoms with Gasteiger partial charge in [-0.15, -0.1) is 0 Å². The highest BCUT2D eigenvalue weighted by molar-refractivity contribution is 7.91. The molecule has 1 saturated heterocycles. The van der Waals surface area contributed by atoms with Gasteiger partial charge in [-0.3, -0.25) is 4.99 Å². The Bertz CT molecular complexity index is 659. The van der Waals surface area contributed by atoms with Crippen LogP contribution in [0.2, 0.25) is 0 Å². The lowest BCUT2D eigenvalue weighted by atomic mass is 10.2. The van der Waals surface area contributed by atoms with Gasteiger partial charge in [0.2, 0.25) is 0 Å². The third-order valence-corrected chi connectivity index (χ3v) is 6.11. The van der Waals surface area contributed by atoms with Crippen LogP contribution >= 0.6 is 0 Å². The average molecular weight is 398 g/mol. The zero-order valence-electron chi connectivity index (χ0n) is 16.0. The van der Waals surface area contributed by atoms with E-state index in [1.54, 1.807) is 31.3 Å². The predicted octanol–water partition coefficient (Wildman–Crippen LogP) is 1.60. The fourth-order valence-electron chi connectivity index (χ4n) is 2.81. The first-order valence-corrected chi connectivity index (χ1v) is 11.2. The van der Waals surface area contributed by atoms with Gasteiger partial charge in [0.25, 0.3) is 0 Å². The molecule has 27 heavy (non-hydrogen) atoms. The maximum absolute atomic E-state index is 12.2. The van der Waals surface area contributed by atoms with Gasteiger partial charge in [-0.05, 0) is 37.8 Å². The number of hydrogen-bond donors (Lipinski definition) is 2. The summed E-state index contributed by atoms with van der Waals surface area (Å²) in [5.74, 6) is 0.782. The zero-order valence-corrected chi connectivity index (χ0v) is 16.8. The fourth-order valence-corrected chi connectivity index (χ4v) is 4.14. The van der Waals surface area contributed by atoms with Crippen LogP contribution in [0.15, 0.2) is 40.2 Å². The molecule has 0 spiro atoms. The van der Waals surface area contributed by atoms with E-state index >= 15 is 0 Å². The number of nitrogens with zero attached hydrogens (tertiary/aromatic N) is 1. The first-order valence-electron chi connectivity index (χ1n) is 9.53. The maximum Gasteiger partial charge on any atom is 0.190 e. The summed E-state index contributed by atoms with van der Waals surface area (Å²) in [5, 5.41) is 6.35. The fraction of sp³-hybridized carbons (Fsp3) is 0.632. The second-order valence-corrected chi connectivity index (χ2v) is 8.58. The Balaban J connectivity index is 1.53. The Kier molecular flexibility index (Phi) is 9.58. The SMILES string of the molecule is CN=C(NCCCOCC1CCCO1)NCCCS(=O)(=O)c1ccccc1. The van der Waals surface area contributed by atoms with Gasteiger partial charge >= 0.3 is 0 Å². The first-order chi connectivity index (χ1) is 13.1. The molecule has 0 bridgehead atoms. The van der Waals surface area contributed by atoms with Crippen molar-refractivity contribution in [1.82, 2.24) is 10.6 Å². The van der Waals surface area contributed by atoms with Crippen molar-refractivity contribution in [2.75, 3.05) is 45.7 Å². The number of hydrogen-bond acceptors (Lipinski definition) is 5. The quantitative estimate of drug-likeness (QED) is 0.335. The number of sulfone groups is 1. The predicted molar refractivity (Wildman–Crippen MR) is 107 cm³/mol. The minimum absolute atomic E-state index is 0.109. The molecular formula is C19H31N3O4S. The lowest BCUT2D eigenvalue weighted by Crippen LogP contribution is -2.38. The second kappa shape index (κ2) is 11.9. The van der Waals surface area contributed by atoms with Gasteiger partial charge in [-0.1, -0.05) is 18.2 Å². The van der Waals surface area contributed by atoms with Crippen LogP contribution in [0.1, 0.15) is 25.7 Å². The minimum Gasteiger partial charge on any atom is -0.379 e. The molecule has 1 heterocycles. The van der Waals surface area contributed by atoms with E-state index in [0.717, 1.165) is 32.4 Å². The van der Waals surface area contributed by atoms with Crippen molar-refractivity contribution in [3.05, 3.63) is 30.3 Å². The number of guanidine groups is 1. The monoisotopic (exact) mass is 397 g/mol. The van der Waals surface area contributed by atoms with E-state index in [4.69, 9.17) is 9.47 Å². The van der Waals surface area contributed by atoms with Crippen molar-refractivity contribution >= 4 is 15.8 Å². The molecule has 1 unspecified atom stereocenters. The summed E-state index contributed by atoms with van der Waals surface area (Å²) in [5.41, 5.74) is 0. The van der Waals surface area contributed by atoms with Crippen molar-refractivity contribution in [2.45, 2.75) is 36.7 Å². The van der Waals surface area contributed by atoms with Crippen LogP contribution in [0, 0.1) is 0 Å². The smallest absolute Gasteiger partial charge is 0.190 e. The third kappa shape index (κ3) is 8.28. The molecule has 0 saturated carbocycles. The Labute approximate surface area is 162 Å². The van der Waals surface area contributed by atoms with Crippen LogP contribution in [-0.2, 0) is 19.3 Å². The van der Waals surface area contributed by atoms with E-state index in [2.05, 4.69) is 15.6 Å². The number of ether oxygens (including phenoxy) is 2. The van der Waals surface area contributed by atoms with Crippen molar-refractivity contribution in [3.63, 3.8) is 0 Å². The van der Waals surface area contributed by atoms with E-state index in [1.165, 1.54) is 0 Å². The standard InChI is InChI=1S/C19H31N3O4S/c1-20-19(21-11-6-13-25-16-17-8-5-14-26-17)22-12-7-15-27(23,24)18-9-3-2-4-10-18/h2-4,9-10,17H,5-8,11-16H2,1H3,(H2,20,21,22). The Morgan fingerprint density at radius 3 is 2.63 bits per heavy atom. The summed E-state index contributed by atoms with van der Waals surface area (Å²) in [6, 6.07) is 8.54. The molecule has 1 atom stereocenters. The highest BCUT2D eigenvalue weighted by Gasteiger charge is 2.15. The van der Waals surface area contributed by atoms with Crippen molar-refractivity contribution in [3.8, 4) is 0 Å². The van der Waals surface area contributed by atoms with E-state index < -0.39 is 9.84 Å². The maximum atomic E-state index is 12.2. The van der Waals surface area contributed by atoms with E-state index in [9.17, 15) is 8.42 Å². The van der Waals surface area contributed by atoms with Gasteiger partial charge in [-0.2, -0.15) is 0 Å². The number of nitrogens with one attached hydrogen (secondary N) is 2. The third-order valence-electron chi connectivity index (χ3n) is 4.29. The molecule has 7 nitrogen and oxygen atoms in total. The van der Waals surface area contributed by atoms with Crippen LogP contribution in [-0.4, -0.2) is 66.2 Å². The molecule has 1 fully saturated rings. The zero-order chi connectivity index (χ0) is 19.4. The summed E-state index contributed by atoms with van der Waals surface area (Å²) >= 11 is 0. The second-order valence-electron chi connectivity index (χ2n) is 6.47. The molecule has 0 aliphatic carbocycles. The first kappa shape index (κ1) is 21.7. The van der Waals surface area contributed by atoms with Crippen LogP contribution in [0.4, 0.5) is 0 Å². The van der Waals surface area contributed by atoms with Gasteiger partial charge in [-0.25, -0.2) is 8.42 Å². The molecule has 1 aromatic carbocycles. The van der Waals surface area contributed by atoms with Crippen LogP contribution in [0.25, 0.3) is 0 Å². The molecule has 0 radical (unpaired) electrons. The van der Waals surface area contributed by atoms with Gasteiger partial charge in [0.1, 0.15) is 0 Å². The van der Waals surface area contributed by atoms with E-state index in [1.807, 2.05) is 6.07 Å². The normalized spacial score (nSPS) is 17.8. The molecule has 0 aromatic heterocycles. The molecule has 1 aliphatic heterocycles. The molecule has 8 heteroatoms. The molecule has 1 aliphatic rings. The molecule has 2 rings (SSSR count). The highest BCUT2D eigenvalue weighted by atomic mass is 32.2. The van der Waals surface area contributed by atoms with Crippen LogP contribution < -0.4 is 10.6 Å². The largest absolute Gasteiger partial charge is 0.379 e. The highest BCUT2D eigenvalue weighted by Crippen LogP contribution is 2.12. The lowest BCUT2D eigenvalue weighted by Gasteiger charge is -2.13. The van der Waals surface area contributed by atoms with Crippen LogP contribution in [0.3, 0.4) is 0 Å².